The van der Waals surface area contributed by atoms with Gasteiger partial charge in [0.2, 0.25) is 5.91 Å². The van der Waals surface area contributed by atoms with Gasteiger partial charge < -0.3 is 18.6 Å². The number of nitrogens with zero attached hydrogens (tertiary/aromatic N) is 1. The number of amides is 1. The Hall–Kier alpha value is -3.25. The van der Waals surface area contributed by atoms with E-state index in [1.165, 1.54) is 0 Å². The lowest BCUT2D eigenvalue weighted by Crippen LogP contribution is -2.37. The van der Waals surface area contributed by atoms with Crippen molar-refractivity contribution < 1.29 is 18.0 Å². The summed E-state index contributed by atoms with van der Waals surface area (Å²) in [6, 6.07) is 17.0. The molecule has 1 unspecified atom stereocenters. The van der Waals surface area contributed by atoms with E-state index in [1.807, 2.05) is 66.4 Å². The van der Waals surface area contributed by atoms with Gasteiger partial charge in [-0.15, -0.1) is 0 Å². The van der Waals surface area contributed by atoms with Gasteiger partial charge in [-0.3, -0.25) is 9.69 Å². The molecule has 6 nitrogen and oxygen atoms in total. The fourth-order valence-corrected chi connectivity index (χ4v) is 3.19. The standard InChI is InChI=1S/C22H22N2O4/c1-16(21-12-17-6-2-3-9-20(17)28-21)23-22(25)15-24(13-18-7-4-10-26-18)14-19-8-5-11-27-19/h2-12,16H,13-15H2,1H3,(H,23,25). The fourth-order valence-electron chi connectivity index (χ4n) is 3.19. The number of hydrogen-bond acceptors (Lipinski definition) is 5. The van der Waals surface area contributed by atoms with E-state index in [0.29, 0.717) is 13.1 Å². The molecule has 3 heterocycles. The molecular formula is C22H22N2O4. The predicted octanol–water partition coefficient (Wildman–Crippen LogP) is 4.50. The first kappa shape index (κ1) is 18.1. The summed E-state index contributed by atoms with van der Waals surface area (Å²) in [4.78, 5) is 14.6. The molecule has 1 aromatic carbocycles. The number of nitrogens with one attached hydrogen (secondary N) is 1. The molecule has 6 heteroatoms. The summed E-state index contributed by atoms with van der Waals surface area (Å²) in [7, 11) is 0. The van der Waals surface area contributed by atoms with Crippen molar-refractivity contribution >= 4 is 16.9 Å². The van der Waals surface area contributed by atoms with Gasteiger partial charge in [-0.25, -0.2) is 0 Å². The van der Waals surface area contributed by atoms with Crippen molar-refractivity contribution in [3.63, 3.8) is 0 Å². The van der Waals surface area contributed by atoms with E-state index < -0.39 is 0 Å². The summed E-state index contributed by atoms with van der Waals surface area (Å²) in [6.45, 7) is 3.16. The number of fused-ring (bicyclic) bond motifs is 1. The van der Waals surface area contributed by atoms with Crippen LogP contribution in [0.3, 0.4) is 0 Å². The van der Waals surface area contributed by atoms with Gasteiger partial charge in [0.15, 0.2) is 0 Å². The van der Waals surface area contributed by atoms with Gasteiger partial charge >= 0.3 is 0 Å². The summed E-state index contributed by atoms with van der Waals surface area (Å²) in [5.41, 5.74) is 0.816. The Bertz CT molecular complexity index is 949. The Morgan fingerprint density at radius 1 is 1.00 bits per heavy atom. The number of carbonyl (C=O) groups excluding carboxylic acids is 1. The molecule has 4 rings (SSSR count). The van der Waals surface area contributed by atoms with Crippen molar-refractivity contribution in [2.75, 3.05) is 6.54 Å². The molecule has 0 fully saturated rings. The van der Waals surface area contributed by atoms with Crippen LogP contribution in [0.5, 0.6) is 0 Å². The van der Waals surface area contributed by atoms with Gasteiger partial charge in [-0.2, -0.15) is 0 Å². The highest BCUT2D eigenvalue weighted by Gasteiger charge is 2.18. The maximum absolute atomic E-state index is 12.7. The molecule has 0 aliphatic heterocycles. The molecule has 4 aromatic rings. The minimum absolute atomic E-state index is 0.0916. The van der Waals surface area contributed by atoms with Crippen LogP contribution in [-0.4, -0.2) is 17.4 Å². The molecule has 0 saturated carbocycles. The van der Waals surface area contributed by atoms with Gasteiger partial charge in [0, 0.05) is 5.39 Å². The summed E-state index contributed by atoms with van der Waals surface area (Å²) in [5.74, 6) is 2.23. The predicted molar refractivity (Wildman–Crippen MR) is 104 cm³/mol. The van der Waals surface area contributed by atoms with Crippen LogP contribution in [0.4, 0.5) is 0 Å². The van der Waals surface area contributed by atoms with Gasteiger partial charge in [0.25, 0.3) is 0 Å². The molecule has 0 spiro atoms. The zero-order valence-corrected chi connectivity index (χ0v) is 15.6. The first-order valence-electron chi connectivity index (χ1n) is 9.22. The summed E-state index contributed by atoms with van der Waals surface area (Å²) in [6.07, 6.45) is 3.26. The van der Waals surface area contributed by atoms with Crippen LogP contribution in [0, 0.1) is 0 Å². The van der Waals surface area contributed by atoms with Crippen LogP contribution in [0.25, 0.3) is 11.0 Å². The maximum Gasteiger partial charge on any atom is 0.234 e. The molecule has 1 N–H and O–H groups in total. The molecule has 144 valence electrons. The molecule has 0 aliphatic rings. The maximum atomic E-state index is 12.7. The molecule has 0 radical (unpaired) electrons. The van der Waals surface area contributed by atoms with Crippen LogP contribution in [0.15, 0.2) is 80.4 Å². The number of benzene rings is 1. The third-order valence-electron chi connectivity index (χ3n) is 4.54. The zero-order valence-electron chi connectivity index (χ0n) is 15.6. The first-order valence-corrected chi connectivity index (χ1v) is 9.22. The van der Waals surface area contributed by atoms with Gasteiger partial charge in [-0.1, -0.05) is 18.2 Å². The van der Waals surface area contributed by atoms with Gasteiger partial charge in [0.05, 0.1) is 38.2 Å². The third kappa shape index (κ3) is 4.35. The molecule has 3 aromatic heterocycles. The molecule has 28 heavy (non-hydrogen) atoms. The van der Waals surface area contributed by atoms with Crippen molar-refractivity contribution in [3.05, 3.63) is 84.4 Å². The average Bonchev–Trinajstić information content (AvgIpc) is 3.43. The minimum atomic E-state index is -0.228. The van der Waals surface area contributed by atoms with E-state index in [4.69, 9.17) is 13.3 Å². The monoisotopic (exact) mass is 378 g/mol. The Morgan fingerprint density at radius 3 is 2.29 bits per heavy atom. The van der Waals surface area contributed by atoms with Crippen LogP contribution < -0.4 is 5.32 Å². The second kappa shape index (κ2) is 8.19. The fraction of sp³-hybridized carbons (Fsp3) is 0.227. The molecule has 1 amide bonds. The zero-order chi connectivity index (χ0) is 19.3. The quantitative estimate of drug-likeness (QED) is 0.489. The third-order valence-corrected chi connectivity index (χ3v) is 4.54. The van der Waals surface area contributed by atoms with Gasteiger partial charge in [-0.05, 0) is 43.3 Å². The molecule has 1 atom stereocenters. The highest BCUT2D eigenvalue weighted by atomic mass is 16.3. The van der Waals surface area contributed by atoms with Crippen LogP contribution in [0.2, 0.25) is 0 Å². The summed E-state index contributed by atoms with van der Waals surface area (Å²) < 4.78 is 16.7. The van der Waals surface area contributed by atoms with Crippen molar-refractivity contribution in [2.24, 2.45) is 0 Å². The van der Waals surface area contributed by atoms with E-state index >= 15 is 0 Å². The Morgan fingerprint density at radius 2 is 1.68 bits per heavy atom. The number of carbonyl (C=O) groups is 1. The molecule has 0 aliphatic carbocycles. The smallest absolute Gasteiger partial charge is 0.234 e. The van der Waals surface area contributed by atoms with E-state index in [-0.39, 0.29) is 18.5 Å². The number of para-hydroxylation sites is 1. The Labute approximate surface area is 162 Å². The van der Waals surface area contributed by atoms with Crippen LogP contribution >= 0.6 is 0 Å². The van der Waals surface area contributed by atoms with Crippen molar-refractivity contribution in [2.45, 2.75) is 26.1 Å². The van der Waals surface area contributed by atoms with Gasteiger partial charge in [0.1, 0.15) is 22.9 Å². The van der Waals surface area contributed by atoms with E-state index in [2.05, 4.69) is 5.32 Å². The Balaban J connectivity index is 1.41. The SMILES string of the molecule is CC(NC(=O)CN(Cc1ccco1)Cc1ccco1)c1cc2ccccc2o1. The number of furan rings is 3. The van der Waals surface area contributed by atoms with Crippen molar-refractivity contribution in [3.8, 4) is 0 Å². The van der Waals surface area contributed by atoms with E-state index in [1.54, 1.807) is 12.5 Å². The topological polar surface area (TPSA) is 71.8 Å². The van der Waals surface area contributed by atoms with Crippen LogP contribution in [0.1, 0.15) is 30.2 Å². The second-order valence-corrected chi connectivity index (χ2v) is 6.78. The lowest BCUT2D eigenvalue weighted by Gasteiger charge is -2.20. The summed E-state index contributed by atoms with van der Waals surface area (Å²) in [5, 5.41) is 4.04. The number of rotatable bonds is 8. The lowest BCUT2D eigenvalue weighted by atomic mass is 10.2. The van der Waals surface area contributed by atoms with Crippen molar-refractivity contribution in [1.29, 1.82) is 0 Å². The molecular weight excluding hydrogens is 356 g/mol. The first-order chi connectivity index (χ1) is 13.7. The van der Waals surface area contributed by atoms with Crippen LogP contribution in [-0.2, 0) is 17.9 Å². The largest absolute Gasteiger partial charge is 0.468 e. The second-order valence-electron chi connectivity index (χ2n) is 6.78. The Kier molecular flexibility index (Phi) is 5.30. The molecule has 0 bridgehead atoms. The lowest BCUT2D eigenvalue weighted by molar-refractivity contribution is -0.123. The molecule has 0 saturated heterocycles. The van der Waals surface area contributed by atoms with Crippen molar-refractivity contribution in [1.82, 2.24) is 10.2 Å². The highest BCUT2D eigenvalue weighted by molar-refractivity contribution is 5.80. The normalized spacial score (nSPS) is 12.5. The number of hydrogen-bond donors (Lipinski definition) is 1. The van der Waals surface area contributed by atoms with E-state index in [0.717, 1.165) is 28.2 Å². The highest BCUT2D eigenvalue weighted by Crippen LogP contribution is 2.23. The minimum Gasteiger partial charge on any atom is -0.468 e. The average molecular weight is 378 g/mol. The summed E-state index contributed by atoms with van der Waals surface area (Å²) >= 11 is 0. The van der Waals surface area contributed by atoms with E-state index in [9.17, 15) is 4.79 Å².